The number of nitrogens with one attached hydrogen (secondary N) is 1. The van der Waals surface area contributed by atoms with E-state index in [1.54, 1.807) is 42.8 Å². The highest BCUT2D eigenvalue weighted by molar-refractivity contribution is 5.92. The Hall–Kier alpha value is -3.35. The van der Waals surface area contributed by atoms with Crippen LogP contribution in [0.5, 0.6) is 0 Å². The van der Waals surface area contributed by atoms with Crippen LogP contribution in [0.1, 0.15) is 21.6 Å². The highest BCUT2D eigenvalue weighted by atomic mass is 16.2. The first kappa shape index (κ1) is 17.5. The van der Waals surface area contributed by atoms with Crippen molar-refractivity contribution in [3.63, 3.8) is 0 Å². The van der Waals surface area contributed by atoms with Crippen molar-refractivity contribution in [1.29, 1.82) is 0 Å². The van der Waals surface area contributed by atoms with Crippen molar-refractivity contribution in [3.05, 3.63) is 78.3 Å². The van der Waals surface area contributed by atoms with Gasteiger partial charge in [0.05, 0.1) is 0 Å². The molecule has 0 bridgehead atoms. The zero-order valence-corrected chi connectivity index (χ0v) is 14.5. The number of aromatic nitrogens is 4. The Balaban J connectivity index is 1.58. The predicted molar refractivity (Wildman–Crippen MR) is 98.5 cm³/mol. The molecule has 0 aliphatic rings. The fraction of sp³-hybridized carbons (Fsp3) is 0.211. The lowest BCUT2D eigenvalue weighted by atomic mass is 10.2. The van der Waals surface area contributed by atoms with Crippen LogP contribution in [0.3, 0.4) is 0 Å². The summed E-state index contributed by atoms with van der Waals surface area (Å²) in [5.41, 5.74) is 2.54. The van der Waals surface area contributed by atoms with Gasteiger partial charge in [-0.25, -0.2) is 9.97 Å². The van der Waals surface area contributed by atoms with E-state index in [9.17, 15) is 4.79 Å². The monoisotopic (exact) mass is 348 g/mol. The maximum Gasteiger partial charge on any atom is 0.272 e. The van der Waals surface area contributed by atoms with Gasteiger partial charge in [0.1, 0.15) is 17.8 Å². The molecule has 1 N–H and O–H groups in total. The molecule has 0 saturated heterocycles. The topological polar surface area (TPSA) is 83.9 Å². The molecule has 0 radical (unpaired) electrons. The van der Waals surface area contributed by atoms with Crippen LogP contribution in [0, 0.1) is 0 Å². The first-order chi connectivity index (χ1) is 12.7. The highest BCUT2D eigenvalue weighted by Gasteiger charge is 2.14. The van der Waals surface area contributed by atoms with Crippen molar-refractivity contribution in [1.82, 2.24) is 24.8 Å². The molecule has 0 aliphatic carbocycles. The van der Waals surface area contributed by atoms with Crippen molar-refractivity contribution in [2.45, 2.75) is 13.0 Å². The Bertz CT molecular complexity index is 841. The second-order valence-corrected chi connectivity index (χ2v) is 5.84. The van der Waals surface area contributed by atoms with Gasteiger partial charge in [-0.15, -0.1) is 0 Å². The van der Waals surface area contributed by atoms with Crippen LogP contribution in [-0.2, 0) is 13.0 Å². The van der Waals surface area contributed by atoms with E-state index in [0.717, 1.165) is 17.5 Å². The maximum atomic E-state index is 12.6. The van der Waals surface area contributed by atoms with Crippen LogP contribution in [0.15, 0.2) is 61.4 Å². The van der Waals surface area contributed by atoms with E-state index in [-0.39, 0.29) is 5.91 Å². The average Bonchev–Trinajstić information content (AvgIpc) is 2.71. The molecule has 7 nitrogen and oxygen atoms in total. The lowest BCUT2D eigenvalue weighted by Gasteiger charge is -2.17. The summed E-state index contributed by atoms with van der Waals surface area (Å²) in [7, 11) is 1.77. The molecule has 0 saturated carbocycles. The number of rotatable bonds is 7. The summed E-state index contributed by atoms with van der Waals surface area (Å²) >= 11 is 0. The third-order valence-electron chi connectivity index (χ3n) is 3.91. The fourth-order valence-electron chi connectivity index (χ4n) is 2.41. The number of nitrogens with zero attached hydrogens (tertiary/aromatic N) is 5. The van der Waals surface area contributed by atoms with Crippen LogP contribution >= 0.6 is 0 Å². The Labute approximate surface area is 152 Å². The van der Waals surface area contributed by atoms with Gasteiger partial charge in [0.2, 0.25) is 0 Å². The maximum absolute atomic E-state index is 12.6. The van der Waals surface area contributed by atoms with Gasteiger partial charge in [-0.2, -0.15) is 0 Å². The van der Waals surface area contributed by atoms with Crippen LogP contribution in [0.2, 0.25) is 0 Å². The normalized spacial score (nSPS) is 10.3. The van der Waals surface area contributed by atoms with Gasteiger partial charge in [-0.1, -0.05) is 6.07 Å². The number of anilines is 1. The number of carbonyl (C=O) groups excluding carboxylic acids is 1. The van der Waals surface area contributed by atoms with Crippen molar-refractivity contribution >= 4 is 11.7 Å². The predicted octanol–water partition coefficient (Wildman–Crippen LogP) is 2.19. The summed E-state index contributed by atoms with van der Waals surface area (Å²) < 4.78 is 0. The van der Waals surface area contributed by atoms with Gasteiger partial charge < -0.3 is 10.2 Å². The summed E-state index contributed by atoms with van der Waals surface area (Å²) in [6.45, 7) is 1.18. The summed E-state index contributed by atoms with van der Waals surface area (Å²) in [6, 6.07) is 9.42. The van der Waals surface area contributed by atoms with E-state index in [4.69, 9.17) is 0 Å². The Morgan fingerprint density at radius 1 is 1.08 bits per heavy atom. The first-order valence-electron chi connectivity index (χ1n) is 8.31. The lowest BCUT2D eigenvalue weighted by Crippen LogP contribution is -2.29. The van der Waals surface area contributed by atoms with Gasteiger partial charge in [-0.05, 0) is 35.7 Å². The van der Waals surface area contributed by atoms with Crippen LogP contribution < -0.4 is 5.32 Å². The van der Waals surface area contributed by atoms with E-state index < -0.39 is 0 Å². The highest BCUT2D eigenvalue weighted by Crippen LogP contribution is 2.09. The molecular weight excluding hydrogens is 328 g/mol. The number of amides is 1. The van der Waals surface area contributed by atoms with Crippen molar-refractivity contribution < 1.29 is 4.79 Å². The second kappa shape index (κ2) is 8.66. The molecule has 0 unspecified atom stereocenters. The lowest BCUT2D eigenvalue weighted by molar-refractivity contribution is 0.0790. The van der Waals surface area contributed by atoms with E-state index in [1.165, 1.54) is 6.33 Å². The molecule has 3 heterocycles. The third-order valence-corrected chi connectivity index (χ3v) is 3.91. The molecular formula is C19H20N6O. The minimum Gasteiger partial charge on any atom is -0.366 e. The third kappa shape index (κ3) is 4.83. The SMILES string of the molecule is CN(CCc1ccncc1)C(=O)c1cc(NCc2cccnc2)ncn1. The average molecular weight is 348 g/mol. The second-order valence-electron chi connectivity index (χ2n) is 5.84. The molecule has 3 aromatic heterocycles. The Morgan fingerprint density at radius 2 is 1.92 bits per heavy atom. The molecule has 7 heteroatoms. The molecule has 3 rings (SSSR count). The quantitative estimate of drug-likeness (QED) is 0.705. The van der Waals surface area contributed by atoms with Gasteiger partial charge in [0.25, 0.3) is 5.91 Å². The van der Waals surface area contributed by atoms with Crippen molar-refractivity contribution in [3.8, 4) is 0 Å². The summed E-state index contributed by atoms with van der Waals surface area (Å²) in [5, 5.41) is 3.18. The smallest absolute Gasteiger partial charge is 0.272 e. The molecule has 132 valence electrons. The largest absolute Gasteiger partial charge is 0.366 e. The summed E-state index contributed by atoms with van der Waals surface area (Å²) in [4.78, 5) is 30.6. The standard InChI is InChI=1S/C19H20N6O/c1-25(10-6-15-4-8-20-9-5-15)19(26)17-11-18(24-14-23-17)22-13-16-3-2-7-21-12-16/h2-5,7-9,11-12,14H,6,10,13H2,1H3,(H,22,23,24). The van der Waals surface area contributed by atoms with Gasteiger partial charge >= 0.3 is 0 Å². The van der Waals surface area contributed by atoms with E-state index >= 15 is 0 Å². The molecule has 0 spiro atoms. The van der Waals surface area contributed by atoms with Gasteiger partial charge in [0.15, 0.2) is 0 Å². The van der Waals surface area contributed by atoms with E-state index in [2.05, 4.69) is 25.3 Å². The zero-order valence-electron chi connectivity index (χ0n) is 14.5. The fourth-order valence-corrected chi connectivity index (χ4v) is 2.41. The van der Waals surface area contributed by atoms with E-state index in [0.29, 0.717) is 24.6 Å². The molecule has 0 aromatic carbocycles. The molecule has 0 fully saturated rings. The molecule has 26 heavy (non-hydrogen) atoms. The van der Waals surface area contributed by atoms with Crippen LogP contribution in [-0.4, -0.2) is 44.3 Å². The number of hydrogen-bond acceptors (Lipinski definition) is 6. The zero-order chi connectivity index (χ0) is 18.2. The summed E-state index contributed by atoms with van der Waals surface area (Å²) in [6.07, 6.45) is 9.18. The summed E-state index contributed by atoms with van der Waals surface area (Å²) in [5.74, 6) is 0.473. The molecule has 0 atom stereocenters. The molecule has 3 aromatic rings. The number of pyridine rings is 2. The molecule has 1 amide bonds. The van der Waals surface area contributed by atoms with Gasteiger partial charge in [-0.3, -0.25) is 14.8 Å². The first-order valence-corrected chi connectivity index (χ1v) is 8.31. The Morgan fingerprint density at radius 3 is 2.69 bits per heavy atom. The molecule has 0 aliphatic heterocycles. The van der Waals surface area contributed by atoms with E-state index in [1.807, 2.05) is 24.3 Å². The van der Waals surface area contributed by atoms with Crippen molar-refractivity contribution in [2.75, 3.05) is 18.9 Å². The number of carbonyl (C=O) groups is 1. The minimum absolute atomic E-state index is 0.133. The van der Waals surface area contributed by atoms with Gasteiger partial charge in [0, 0.05) is 51.0 Å². The van der Waals surface area contributed by atoms with Crippen LogP contribution in [0.4, 0.5) is 5.82 Å². The number of likely N-dealkylation sites (N-methyl/N-ethyl adjacent to an activating group) is 1. The van der Waals surface area contributed by atoms with Crippen molar-refractivity contribution in [2.24, 2.45) is 0 Å². The van der Waals surface area contributed by atoms with Crippen LogP contribution in [0.25, 0.3) is 0 Å². The number of hydrogen-bond donors (Lipinski definition) is 1. The minimum atomic E-state index is -0.133. The Kier molecular flexibility index (Phi) is 5.82.